The van der Waals surface area contributed by atoms with Crippen LogP contribution < -0.4 is 0 Å². The number of pyridine rings is 1. The molecule has 4 heterocycles. The predicted molar refractivity (Wildman–Crippen MR) is 105 cm³/mol. The lowest BCUT2D eigenvalue weighted by molar-refractivity contribution is 0.405. The predicted octanol–water partition coefficient (Wildman–Crippen LogP) is 3.88. The number of thiazole rings is 1. The van der Waals surface area contributed by atoms with E-state index in [4.69, 9.17) is 22.4 Å². The number of fused-ring (bicyclic) bond motifs is 1. The van der Waals surface area contributed by atoms with Gasteiger partial charge in [0.25, 0.3) is 0 Å². The van der Waals surface area contributed by atoms with Crippen LogP contribution in [0.1, 0.15) is 29.5 Å². The van der Waals surface area contributed by atoms with Crippen molar-refractivity contribution in [3.63, 3.8) is 0 Å². The second-order valence-corrected chi connectivity index (χ2v) is 7.30. The van der Waals surface area contributed by atoms with Crippen LogP contribution in [0.4, 0.5) is 0 Å². The Labute approximate surface area is 158 Å². The van der Waals surface area contributed by atoms with Crippen LogP contribution in [-0.2, 0) is 0 Å². The smallest absolute Gasteiger partial charge is 0.156 e. The average Bonchev–Trinajstić information content (AvgIpc) is 3.37. The zero-order valence-corrected chi connectivity index (χ0v) is 15.3. The van der Waals surface area contributed by atoms with Crippen molar-refractivity contribution in [1.82, 2.24) is 19.9 Å². The summed E-state index contributed by atoms with van der Waals surface area (Å²) in [5.41, 5.74) is 1.27. The number of hydrogen-bond acceptors (Lipinski definition) is 5. The Morgan fingerprint density at radius 3 is 3.12 bits per heavy atom. The Kier molecular flexibility index (Phi) is 4.52. The van der Waals surface area contributed by atoms with Gasteiger partial charge in [0, 0.05) is 41.5 Å². The molecule has 0 amide bonds. The van der Waals surface area contributed by atoms with Crippen LogP contribution in [0.25, 0.3) is 11.0 Å². The summed E-state index contributed by atoms with van der Waals surface area (Å²) >= 11 is 7.64. The fraction of sp³-hybridized carbons (Fsp3) is 0.235. The van der Waals surface area contributed by atoms with Gasteiger partial charge in [-0.2, -0.15) is 0 Å². The first-order chi connectivity index (χ1) is 12.7. The minimum atomic E-state index is 0.0728. The minimum Gasteiger partial charge on any atom is -0.346 e. The summed E-state index contributed by atoms with van der Waals surface area (Å²) < 4.78 is 0. The van der Waals surface area contributed by atoms with Gasteiger partial charge in [-0.05, 0) is 18.9 Å². The molecule has 0 bridgehead atoms. The first kappa shape index (κ1) is 16.9. The number of amidine groups is 2. The third kappa shape index (κ3) is 3.02. The first-order valence-electron chi connectivity index (χ1n) is 8.14. The van der Waals surface area contributed by atoms with Crippen LogP contribution in [-0.4, -0.2) is 44.3 Å². The quantitative estimate of drug-likeness (QED) is 0.470. The lowest BCUT2D eigenvalue weighted by Gasteiger charge is -2.24. The fourth-order valence-electron chi connectivity index (χ4n) is 3.22. The second-order valence-electron chi connectivity index (χ2n) is 5.94. The lowest BCUT2D eigenvalue weighted by Crippen LogP contribution is -2.32. The van der Waals surface area contributed by atoms with Gasteiger partial charge in [0.1, 0.15) is 16.5 Å². The molecule has 3 aromatic rings. The molecule has 26 heavy (non-hydrogen) atoms. The van der Waals surface area contributed by atoms with E-state index in [9.17, 15) is 0 Å². The van der Waals surface area contributed by atoms with Crippen molar-refractivity contribution in [2.45, 2.75) is 18.9 Å². The van der Waals surface area contributed by atoms with E-state index in [-0.39, 0.29) is 11.9 Å². The molecule has 0 radical (unpaired) electrons. The molecule has 3 aromatic heterocycles. The maximum atomic E-state index is 8.42. The monoisotopic (exact) mass is 385 g/mol. The Morgan fingerprint density at radius 2 is 2.35 bits per heavy atom. The van der Waals surface area contributed by atoms with Crippen LogP contribution in [0.3, 0.4) is 0 Å². The summed E-state index contributed by atoms with van der Waals surface area (Å²) in [6.45, 7) is 0.799. The molecule has 1 fully saturated rings. The number of aliphatic imine (C=N–C) groups is 1. The van der Waals surface area contributed by atoms with Crippen LogP contribution in [0.15, 0.2) is 35.0 Å². The zero-order valence-electron chi connectivity index (χ0n) is 13.7. The summed E-state index contributed by atoms with van der Waals surface area (Å²) in [7, 11) is 0. The first-order valence-corrected chi connectivity index (χ1v) is 9.40. The number of hydrogen-bond donors (Lipinski definition) is 3. The van der Waals surface area contributed by atoms with E-state index >= 15 is 0 Å². The van der Waals surface area contributed by atoms with E-state index in [1.165, 1.54) is 6.21 Å². The second kappa shape index (κ2) is 6.97. The van der Waals surface area contributed by atoms with Crippen molar-refractivity contribution in [3.05, 3.63) is 45.6 Å². The Bertz CT molecular complexity index is 992. The Balaban J connectivity index is 1.67. The van der Waals surface area contributed by atoms with Crippen molar-refractivity contribution in [2.24, 2.45) is 4.99 Å². The third-order valence-electron chi connectivity index (χ3n) is 4.39. The highest BCUT2D eigenvalue weighted by atomic mass is 35.5. The molecule has 7 nitrogen and oxygen atoms in total. The number of nitrogens with one attached hydrogen (secondary N) is 3. The molecule has 132 valence electrons. The molecular formula is C17H16ClN7S. The van der Waals surface area contributed by atoms with E-state index in [1.807, 2.05) is 5.38 Å². The van der Waals surface area contributed by atoms with Crippen molar-refractivity contribution in [1.29, 1.82) is 10.8 Å². The summed E-state index contributed by atoms with van der Waals surface area (Å²) in [5, 5.41) is 20.4. The van der Waals surface area contributed by atoms with E-state index < -0.39 is 0 Å². The molecule has 0 saturated carbocycles. The van der Waals surface area contributed by atoms with Gasteiger partial charge in [0.15, 0.2) is 5.84 Å². The molecule has 0 aliphatic carbocycles. The topological polar surface area (TPSA) is 105 Å². The van der Waals surface area contributed by atoms with Gasteiger partial charge >= 0.3 is 0 Å². The molecule has 4 rings (SSSR count). The molecule has 0 aromatic carbocycles. The van der Waals surface area contributed by atoms with Gasteiger partial charge in [-0.3, -0.25) is 5.41 Å². The number of halogens is 1. The van der Waals surface area contributed by atoms with Gasteiger partial charge in [0.2, 0.25) is 0 Å². The number of H-pyrrole nitrogens is 1. The number of nitrogens with zero attached hydrogens (tertiary/aromatic N) is 4. The van der Waals surface area contributed by atoms with Crippen molar-refractivity contribution < 1.29 is 0 Å². The molecule has 1 unspecified atom stereocenters. The summed E-state index contributed by atoms with van der Waals surface area (Å²) in [5.74, 6) is 0.542. The van der Waals surface area contributed by atoms with Gasteiger partial charge in [-0.1, -0.05) is 11.6 Å². The van der Waals surface area contributed by atoms with E-state index in [0.717, 1.165) is 29.8 Å². The standard InChI is InChI=1S/C17H16ClN7S/c18-10-6-11-12(9-23-16(11)22-8-10)15(20)24-14(7-19)25-4-1-2-13(25)17-21-3-5-26-17/h3,5-9,13,19-20H,1-2,4H2,(H,22,23)/b19-7?,20-15?,24-14+. The average molecular weight is 386 g/mol. The Morgan fingerprint density at radius 1 is 1.46 bits per heavy atom. The molecule has 1 atom stereocenters. The van der Waals surface area contributed by atoms with Crippen LogP contribution in [0, 0.1) is 10.8 Å². The van der Waals surface area contributed by atoms with Gasteiger partial charge in [0.05, 0.1) is 17.3 Å². The number of likely N-dealkylation sites (tertiary alicyclic amines) is 1. The van der Waals surface area contributed by atoms with Gasteiger partial charge < -0.3 is 15.3 Å². The SMILES string of the molecule is N=C/C(=N\C(=N)c1c[nH]c2ncc(Cl)cc12)N1CCCC1c1nccs1. The van der Waals surface area contributed by atoms with E-state index in [1.54, 1.807) is 36.0 Å². The third-order valence-corrected chi connectivity index (χ3v) is 5.48. The number of aromatic amines is 1. The molecule has 1 aliphatic rings. The van der Waals surface area contributed by atoms with E-state index in [2.05, 4.69) is 24.8 Å². The van der Waals surface area contributed by atoms with Crippen LogP contribution >= 0.6 is 22.9 Å². The summed E-state index contributed by atoms with van der Waals surface area (Å²) in [6, 6.07) is 1.88. The molecule has 0 spiro atoms. The fourth-order valence-corrected chi connectivity index (χ4v) is 4.17. The minimum absolute atomic E-state index is 0.0728. The van der Waals surface area contributed by atoms with Crippen molar-refractivity contribution >= 4 is 51.9 Å². The van der Waals surface area contributed by atoms with Crippen LogP contribution in [0.2, 0.25) is 5.02 Å². The number of rotatable bonds is 3. The molecule has 3 N–H and O–H groups in total. The summed E-state index contributed by atoms with van der Waals surface area (Å²) in [6.07, 6.45) is 8.24. The highest BCUT2D eigenvalue weighted by molar-refractivity contribution is 7.09. The Hall–Kier alpha value is -2.58. The largest absolute Gasteiger partial charge is 0.346 e. The maximum absolute atomic E-state index is 8.42. The highest BCUT2D eigenvalue weighted by Crippen LogP contribution is 2.33. The number of aromatic nitrogens is 3. The van der Waals surface area contributed by atoms with E-state index in [0.29, 0.717) is 22.1 Å². The van der Waals surface area contributed by atoms with Crippen molar-refractivity contribution in [3.8, 4) is 0 Å². The molecule has 9 heteroatoms. The van der Waals surface area contributed by atoms with Crippen LogP contribution in [0.5, 0.6) is 0 Å². The van der Waals surface area contributed by atoms with Gasteiger partial charge in [-0.15, -0.1) is 11.3 Å². The molecular weight excluding hydrogens is 370 g/mol. The maximum Gasteiger partial charge on any atom is 0.156 e. The normalized spacial score (nSPS) is 17.8. The zero-order chi connectivity index (χ0) is 18.1. The highest BCUT2D eigenvalue weighted by Gasteiger charge is 2.30. The van der Waals surface area contributed by atoms with Gasteiger partial charge in [-0.25, -0.2) is 15.0 Å². The molecule has 1 aliphatic heterocycles. The molecule has 1 saturated heterocycles. The summed E-state index contributed by atoms with van der Waals surface area (Å²) in [4.78, 5) is 18.1. The lowest BCUT2D eigenvalue weighted by atomic mass is 10.2. The van der Waals surface area contributed by atoms with Crippen molar-refractivity contribution in [2.75, 3.05) is 6.54 Å².